The highest BCUT2D eigenvalue weighted by Gasteiger charge is 2.19. The maximum atomic E-state index is 12.2. The van der Waals surface area contributed by atoms with Crippen molar-refractivity contribution in [3.05, 3.63) is 52.8 Å². The quantitative estimate of drug-likeness (QED) is 0.623. The standard InChI is InChI=1S/C17H19NO4S/c1-11-9-14(12(2)18(11)3)15(19)10-22-17(20)13-7-5-6-8-16(13)23(4)21/h5-9H,10H2,1-4H3/t23-/m1/s1. The lowest BCUT2D eigenvalue weighted by Gasteiger charge is -2.07. The van der Waals surface area contributed by atoms with Crippen LogP contribution in [0.2, 0.25) is 0 Å². The number of ether oxygens (including phenoxy) is 1. The summed E-state index contributed by atoms with van der Waals surface area (Å²) in [4.78, 5) is 24.8. The van der Waals surface area contributed by atoms with Gasteiger partial charge in [0.05, 0.1) is 21.3 Å². The van der Waals surface area contributed by atoms with Gasteiger partial charge in [0, 0.05) is 30.3 Å². The Labute approximate surface area is 137 Å². The predicted molar refractivity (Wildman–Crippen MR) is 88.3 cm³/mol. The number of esters is 1. The number of aryl methyl sites for hydroxylation is 1. The van der Waals surface area contributed by atoms with E-state index in [9.17, 15) is 13.8 Å². The second kappa shape index (κ2) is 6.91. The fourth-order valence-electron chi connectivity index (χ4n) is 2.31. The molecule has 0 amide bonds. The van der Waals surface area contributed by atoms with Gasteiger partial charge in [-0.25, -0.2) is 4.79 Å². The van der Waals surface area contributed by atoms with E-state index < -0.39 is 16.8 Å². The highest BCUT2D eigenvalue weighted by molar-refractivity contribution is 7.84. The van der Waals surface area contributed by atoms with E-state index in [1.807, 2.05) is 25.5 Å². The fourth-order valence-corrected chi connectivity index (χ4v) is 3.04. The van der Waals surface area contributed by atoms with Crippen LogP contribution >= 0.6 is 0 Å². The van der Waals surface area contributed by atoms with Crippen molar-refractivity contribution in [2.24, 2.45) is 7.05 Å². The summed E-state index contributed by atoms with van der Waals surface area (Å²) in [7, 11) is 0.571. The lowest BCUT2D eigenvalue weighted by Crippen LogP contribution is -2.16. The second-order valence-corrected chi connectivity index (χ2v) is 6.64. The first-order chi connectivity index (χ1) is 10.8. The Morgan fingerprint density at radius 3 is 2.39 bits per heavy atom. The van der Waals surface area contributed by atoms with Crippen LogP contribution in [0.5, 0.6) is 0 Å². The number of nitrogens with zero attached hydrogens (tertiary/aromatic N) is 1. The van der Waals surface area contributed by atoms with Gasteiger partial charge < -0.3 is 9.30 Å². The molecule has 0 aliphatic rings. The van der Waals surface area contributed by atoms with E-state index in [1.54, 1.807) is 30.3 Å². The maximum Gasteiger partial charge on any atom is 0.339 e. The summed E-state index contributed by atoms with van der Waals surface area (Å²) in [5.74, 6) is -0.899. The molecule has 0 spiro atoms. The Kier molecular flexibility index (Phi) is 5.15. The van der Waals surface area contributed by atoms with Gasteiger partial charge in [0.1, 0.15) is 0 Å². The van der Waals surface area contributed by atoms with E-state index in [0.717, 1.165) is 11.4 Å². The van der Waals surface area contributed by atoms with Crippen molar-refractivity contribution in [3.63, 3.8) is 0 Å². The van der Waals surface area contributed by atoms with Crippen molar-refractivity contribution in [3.8, 4) is 0 Å². The van der Waals surface area contributed by atoms with Crippen LogP contribution in [0.25, 0.3) is 0 Å². The minimum Gasteiger partial charge on any atom is -0.454 e. The number of carbonyl (C=O) groups is 2. The summed E-state index contributed by atoms with van der Waals surface area (Å²) in [6.45, 7) is 3.41. The Bertz CT molecular complexity index is 792. The SMILES string of the molecule is Cc1cc(C(=O)COC(=O)c2ccccc2[S@@](C)=O)c(C)n1C. The zero-order valence-electron chi connectivity index (χ0n) is 13.6. The van der Waals surface area contributed by atoms with Crippen molar-refractivity contribution in [2.75, 3.05) is 12.9 Å². The number of rotatable bonds is 5. The third-order valence-electron chi connectivity index (χ3n) is 3.83. The normalized spacial score (nSPS) is 12.0. The van der Waals surface area contributed by atoms with Crippen LogP contribution in [0, 0.1) is 13.8 Å². The average Bonchev–Trinajstić information content (AvgIpc) is 2.79. The molecule has 0 fully saturated rings. The molecule has 1 heterocycles. The zero-order chi connectivity index (χ0) is 17.1. The molecule has 2 aromatic rings. The van der Waals surface area contributed by atoms with Crippen molar-refractivity contribution in [1.82, 2.24) is 4.57 Å². The van der Waals surface area contributed by atoms with Crippen LogP contribution in [0.1, 0.15) is 32.1 Å². The van der Waals surface area contributed by atoms with Gasteiger partial charge in [-0.05, 0) is 32.0 Å². The molecule has 0 bridgehead atoms. The van der Waals surface area contributed by atoms with Gasteiger partial charge >= 0.3 is 5.97 Å². The zero-order valence-corrected chi connectivity index (χ0v) is 14.4. The third kappa shape index (κ3) is 3.59. The van der Waals surface area contributed by atoms with E-state index in [2.05, 4.69) is 0 Å². The van der Waals surface area contributed by atoms with E-state index >= 15 is 0 Å². The lowest BCUT2D eigenvalue weighted by molar-refractivity contribution is 0.0471. The molecule has 0 saturated heterocycles. The number of Topliss-reactive ketones (excluding diaryl/α,β-unsaturated/α-hetero) is 1. The molecule has 2 rings (SSSR count). The molecule has 122 valence electrons. The number of aromatic nitrogens is 1. The van der Waals surface area contributed by atoms with E-state index in [0.29, 0.717) is 10.5 Å². The van der Waals surface area contributed by atoms with Crippen molar-refractivity contribution in [1.29, 1.82) is 0 Å². The smallest absolute Gasteiger partial charge is 0.339 e. The molecule has 1 aromatic heterocycles. The first-order valence-electron chi connectivity index (χ1n) is 7.08. The first-order valence-corrected chi connectivity index (χ1v) is 8.64. The molecular formula is C17H19NO4S. The topological polar surface area (TPSA) is 65.4 Å². The second-order valence-electron chi connectivity index (χ2n) is 5.29. The summed E-state index contributed by atoms with van der Waals surface area (Å²) >= 11 is 0. The van der Waals surface area contributed by atoms with Gasteiger partial charge in [-0.2, -0.15) is 0 Å². The Morgan fingerprint density at radius 1 is 1.17 bits per heavy atom. The number of hydrogen-bond acceptors (Lipinski definition) is 4. The van der Waals surface area contributed by atoms with Crippen molar-refractivity contribution >= 4 is 22.6 Å². The number of carbonyl (C=O) groups excluding carboxylic acids is 2. The monoisotopic (exact) mass is 333 g/mol. The molecule has 0 N–H and O–H groups in total. The maximum absolute atomic E-state index is 12.2. The molecule has 0 aliphatic carbocycles. The van der Waals surface area contributed by atoms with E-state index in [-0.39, 0.29) is 18.0 Å². The highest BCUT2D eigenvalue weighted by atomic mass is 32.2. The minimum absolute atomic E-state index is 0.224. The molecule has 5 nitrogen and oxygen atoms in total. The fraction of sp³-hybridized carbons (Fsp3) is 0.294. The first kappa shape index (κ1) is 17.1. The molecule has 0 radical (unpaired) electrons. The molecule has 1 aromatic carbocycles. The Balaban J connectivity index is 2.12. The van der Waals surface area contributed by atoms with Crippen LogP contribution in [0.15, 0.2) is 35.2 Å². The largest absolute Gasteiger partial charge is 0.454 e. The van der Waals surface area contributed by atoms with Gasteiger partial charge in [-0.15, -0.1) is 0 Å². The van der Waals surface area contributed by atoms with Gasteiger partial charge in [0.2, 0.25) is 5.78 Å². The lowest BCUT2D eigenvalue weighted by atomic mass is 10.1. The average molecular weight is 333 g/mol. The van der Waals surface area contributed by atoms with E-state index in [1.165, 1.54) is 6.26 Å². The molecule has 23 heavy (non-hydrogen) atoms. The van der Waals surface area contributed by atoms with Crippen LogP contribution in [0.3, 0.4) is 0 Å². The van der Waals surface area contributed by atoms with Crippen LogP contribution in [0.4, 0.5) is 0 Å². The molecule has 0 saturated carbocycles. The number of benzene rings is 1. The molecule has 0 unspecified atom stereocenters. The minimum atomic E-state index is -1.30. The van der Waals surface area contributed by atoms with Gasteiger partial charge in [-0.1, -0.05) is 12.1 Å². The van der Waals surface area contributed by atoms with Crippen molar-refractivity contribution in [2.45, 2.75) is 18.7 Å². The Hall–Kier alpha value is -2.21. The highest BCUT2D eigenvalue weighted by Crippen LogP contribution is 2.16. The number of ketones is 1. The van der Waals surface area contributed by atoms with Crippen LogP contribution in [-0.4, -0.2) is 33.4 Å². The summed E-state index contributed by atoms with van der Waals surface area (Å²) in [6, 6.07) is 8.30. The summed E-state index contributed by atoms with van der Waals surface area (Å²) in [5, 5.41) is 0. The molecular weight excluding hydrogens is 314 g/mol. The third-order valence-corrected chi connectivity index (χ3v) is 4.80. The van der Waals surface area contributed by atoms with Gasteiger partial charge in [0.15, 0.2) is 6.61 Å². The van der Waals surface area contributed by atoms with Crippen LogP contribution < -0.4 is 0 Å². The Morgan fingerprint density at radius 2 is 1.83 bits per heavy atom. The molecule has 1 atom stereocenters. The number of hydrogen-bond donors (Lipinski definition) is 0. The van der Waals surface area contributed by atoms with E-state index in [4.69, 9.17) is 4.74 Å². The molecule has 0 aliphatic heterocycles. The predicted octanol–water partition coefficient (Wildman–Crippen LogP) is 2.42. The summed E-state index contributed by atoms with van der Waals surface area (Å²) in [5.41, 5.74) is 2.56. The van der Waals surface area contributed by atoms with Crippen LogP contribution in [-0.2, 0) is 22.6 Å². The van der Waals surface area contributed by atoms with Gasteiger partial charge in [-0.3, -0.25) is 9.00 Å². The molecule has 6 heteroatoms. The van der Waals surface area contributed by atoms with Gasteiger partial charge in [0.25, 0.3) is 0 Å². The summed E-state index contributed by atoms with van der Waals surface area (Å²) < 4.78 is 18.7. The summed E-state index contributed by atoms with van der Waals surface area (Å²) in [6.07, 6.45) is 1.49. The van der Waals surface area contributed by atoms with Crippen molar-refractivity contribution < 1.29 is 18.5 Å².